The van der Waals surface area contributed by atoms with Crippen LogP contribution in [-0.2, 0) is 11.2 Å². The summed E-state index contributed by atoms with van der Waals surface area (Å²) in [4.78, 5) is 32.3. The molecule has 7 nitrogen and oxygen atoms in total. The molecule has 0 unspecified atom stereocenters. The molecule has 1 fully saturated rings. The van der Waals surface area contributed by atoms with Gasteiger partial charge in [0.25, 0.3) is 5.56 Å². The summed E-state index contributed by atoms with van der Waals surface area (Å²) in [7, 11) is 0. The number of amides is 1. The van der Waals surface area contributed by atoms with Gasteiger partial charge in [-0.3, -0.25) is 19.6 Å². The first-order valence-corrected chi connectivity index (χ1v) is 9.58. The lowest BCUT2D eigenvalue weighted by Crippen LogP contribution is -2.41. The predicted octanol–water partition coefficient (Wildman–Crippen LogP) is 1.63. The van der Waals surface area contributed by atoms with Crippen LogP contribution < -0.4 is 10.9 Å². The van der Waals surface area contributed by atoms with Gasteiger partial charge in [0.1, 0.15) is 0 Å². The highest BCUT2D eigenvalue weighted by Gasteiger charge is 2.23. The van der Waals surface area contributed by atoms with Gasteiger partial charge in [0.15, 0.2) is 5.65 Å². The van der Waals surface area contributed by atoms with E-state index < -0.39 is 0 Å². The van der Waals surface area contributed by atoms with Gasteiger partial charge in [-0.15, -0.1) is 0 Å². The highest BCUT2D eigenvalue weighted by Crippen LogP contribution is 2.18. The molecule has 1 saturated heterocycles. The largest absolute Gasteiger partial charge is 0.354 e. The van der Waals surface area contributed by atoms with E-state index in [0.717, 1.165) is 30.4 Å². The second kappa shape index (κ2) is 7.15. The van der Waals surface area contributed by atoms with Gasteiger partial charge in [-0.1, -0.05) is 19.1 Å². The first-order chi connectivity index (χ1) is 13.1. The Morgan fingerprint density at radius 3 is 3.00 bits per heavy atom. The van der Waals surface area contributed by atoms with Crippen LogP contribution in [0.25, 0.3) is 16.6 Å². The van der Waals surface area contributed by atoms with Crippen molar-refractivity contribution in [3.8, 4) is 0 Å². The topological polar surface area (TPSA) is 82.5 Å². The van der Waals surface area contributed by atoms with E-state index in [9.17, 15) is 9.59 Å². The first kappa shape index (κ1) is 17.7. The molecule has 142 valence electrons. The van der Waals surface area contributed by atoms with Crippen LogP contribution in [0.2, 0.25) is 0 Å². The molecule has 4 rings (SSSR count). The number of benzene rings is 1. The van der Waals surface area contributed by atoms with Gasteiger partial charge < -0.3 is 5.32 Å². The van der Waals surface area contributed by atoms with Crippen LogP contribution in [0.4, 0.5) is 0 Å². The SMILES string of the molecule is CCN1CCC[C@@H]1CNC(=O)Cc1c(C)nc2c3ccccc3[nH]n2c1=O. The van der Waals surface area contributed by atoms with Crippen molar-refractivity contribution < 1.29 is 4.79 Å². The number of aryl methyl sites for hydroxylation is 1. The molecule has 3 aromatic rings. The number of hydrogen-bond donors (Lipinski definition) is 2. The lowest BCUT2D eigenvalue weighted by molar-refractivity contribution is -0.120. The molecule has 1 aliphatic rings. The summed E-state index contributed by atoms with van der Waals surface area (Å²) in [6.07, 6.45) is 2.34. The van der Waals surface area contributed by atoms with Crippen molar-refractivity contribution in [1.29, 1.82) is 0 Å². The second-order valence-electron chi connectivity index (χ2n) is 7.20. The molecule has 1 aromatic carbocycles. The fourth-order valence-corrected chi connectivity index (χ4v) is 4.04. The normalized spacial score (nSPS) is 17.8. The van der Waals surface area contributed by atoms with Crippen molar-refractivity contribution in [3.05, 3.63) is 45.9 Å². The fraction of sp³-hybridized carbons (Fsp3) is 0.450. The predicted molar refractivity (Wildman–Crippen MR) is 105 cm³/mol. The van der Waals surface area contributed by atoms with Crippen molar-refractivity contribution >= 4 is 22.5 Å². The van der Waals surface area contributed by atoms with Crippen molar-refractivity contribution in [1.82, 2.24) is 24.8 Å². The van der Waals surface area contributed by atoms with E-state index in [1.54, 1.807) is 6.92 Å². The molecule has 0 spiro atoms. The Balaban J connectivity index is 1.55. The maximum Gasteiger partial charge on any atom is 0.276 e. The number of carbonyl (C=O) groups is 1. The molecular formula is C20H25N5O2. The van der Waals surface area contributed by atoms with E-state index in [-0.39, 0.29) is 17.9 Å². The number of likely N-dealkylation sites (tertiary alicyclic amines) is 1. The third kappa shape index (κ3) is 3.23. The molecule has 7 heteroatoms. The molecule has 0 bridgehead atoms. The average molecular weight is 367 g/mol. The van der Waals surface area contributed by atoms with E-state index in [2.05, 4.69) is 27.2 Å². The number of hydrogen-bond acceptors (Lipinski definition) is 4. The zero-order valence-electron chi connectivity index (χ0n) is 15.8. The fourth-order valence-electron chi connectivity index (χ4n) is 4.04. The number of likely N-dealkylation sites (N-methyl/N-ethyl adjacent to an activating group) is 1. The summed E-state index contributed by atoms with van der Waals surface area (Å²) >= 11 is 0. The summed E-state index contributed by atoms with van der Waals surface area (Å²) in [5.74, 6) is -0.129. The Hall–Kier alpha value is -2.67. The van der Waals surface area contributed by atoms with Crippen LogP contribution >= 0.6 is 0 Å². The van der Waals surface area contributed by atoms with E-state index >= 15 is 0 Å². The van der Waals surface area contributed by atoms with Gasteiger partial charge in [0.05, 0.1) is 11.9 Å². The molecule has 0 saturated carbocycles. The summed E-state index contributed by atoms with van der Waals surface area (Å²) in [6, 6.07) is 8.07. The van der Waals surface area contributed by atoms with E-state index in [4.69, 9.17) is 0 Å². The summed E-state index contributed by atoms with van der Waals surface area (Å²) < 4.78 is 1.44. The van der Waals surface area contributed by atoms with E-state index in [1.165, 1.54) is 10.9 Å². The summed E-state index contributed by atoms with van der Waals surface area (Å²) in [6.45, 7) is 6.67. The molecule has 0 radical (unpaired) electrons. The summed E-state index contributed by atoms with van der Waals surface area (Å²) in [5, 5.41) is 6.98. The number of nitrogens with one attached hydrogen (secondary N) is 2. The number of fused-ring (bicyclic) bond motifs is 3. The number of aromatic nitrogens is 3. The lowest BCUT2D eigenvalue weighted by Gasteiger charge is -2.22. The zero-order valence-corrected chi connectivity index (χ0v) is 15.8. The molecule has 1 atom stereocenters. The van der Waals surface area contributed by atoms with E-state index in [1.807, 2.05) is 24.3 Å². The standard InChI is InChI=1S/C20H25N5O2/c1-3-24-10-6-7-14(24)12-21-18(26)11-16-13(2)22-19-15-8-4-5-9-17(15)23-25(19)20(16)27/h4-5,8-9,14,23H,3,6-7,10-12H2,1-2H3,(H,21,26)/t14-/m1/s1. The van der Waals surface area contributed by atoms with Crippen LogP contribution in [0.3, 0.4) is 0 Å². The smallest absolute Gasteiger partial charge is 0.276 e. The van der Waals surface area contributed by atoms with Crippen molar-refractivity contribution in [3.63, 3.8) is 0 Å². The maximum absolute atomic E-state index is 12.9. The van der Waals surface area contributed by atoms with Gasteiger partial charge in [-0.25, -0.2) is 9.50 Å². The Morgan fingerprint density at radius 2 is 2.19 bits per heavy atom. The lowest BCUT2D eigenvalue weighted by atomic mass is 10.1. The molecule has 0 aliphatic carbocycles. The van der Waals surface area contributed by atoms with Crippen LogP contribution in [0, 0.1) is 6.92 Å². The van der Waals surface area contributed by atoms with Gasteiger partial charge in [0, 0.05) is 29.2 Å². The minimum Gasteiger partial charge on any atom is -0.354 e. The van der Waals surface area contributed by atoms with E-state index in [0.29, 0.717) is 29.5 Å². The molecule has 2 N–H and O–H groups in total. The monoisotopic (exact) mass is 367 g/mol. The quantitative estimate of drug-likeness (QED) is 0.718. The first-order valence-electron chi connectivity index (χ1n) is 9.58. The van der Waals surface area contributed by atoms with Crippen molar-refractivity contribution in [2.45, 2.75) is 39.2 Å². The maximum atomic E-state index is 12.9. The minimum absolute atomic E-state index is 0.0504. The minimum atomic E-state index is -0.208. The number of rotatable bonds is 5. The Labute approximate surface area is 157 Å². The van der Waals surface area contributed by atoms with Gasteiger partial charge in [-0.2, -0.15) is 0 Å². The van der Waals surface area contributed by atoms with Gasteiger partial charge in [0.2, 0.25) is 5.91 Å². The number of nitrogens with zero attached hydrogens (tertiary/aromatic N) is 3. The molecule has 3 heterocycles. The molecule has 27 heavy (non-hydrogen) atoms. The van der Waals surface area contributed by atoms with Crippen LogP contribution in [-0.4, -0.2) is 51.1 Å². The Kier molecular flexibility index (Phi) is 4.70. The van der Waals surface area contributed by atoms with Crippen molar-refractivity contribution in [2.24, 2.45) is 0 Å². The average Bonchev–Trinajstić information content (AvgIpc) is 3.28. The Morgan fingerprint density at radius 1 is 1.37 bits per heavy atom. The Bertz CT molecular complexity index is 1050. The number of para-hydroxylation sites is 1. The van der Waals surface area contributed by atoms with Gasteiger partial charge in [-0.05, 0) is 45.0 Å². The zero-order chi connectivity index (χ0) is 19.0. The second-order valence-corrected chi connectivity index (χ2v) is 7.20. The van der Waals surface area contributed by atoms with Crippen LogP contribution in [0.1, 0.15) is 31.0 Å². The summed E-state index contributed by atoms with van der Waals surface area (Å²) in [5.41, 5.74) is 2.29. The highest BCUT2D eigenvalue weighted by atomic mass is 16.2. The molecular weight excluding hydrogens is 342 g/mol. The molecule has 2 aromatic heterocycles. The number of carbonyl (C=O) groups excluding carboxylic acids is 1. The molecule has 1 aliphatic heterocycles. The van der Waals surface area contributed by atoms with Crippen molar-refractivity contribution in [2.75, 3.05) is 19.6 Å². The van der Waals surface area contributed by atoms with Gasteiger partial charge >= 0.3 is 0 Å². The number of H-pyrrole nitrogens is 1. The molecule has 1 amide bonds. The highest BCUT2D eigenvalue weighted by molar-refractivity contribution is 5.92. The third-order valence-electron chi connectivity index (χ3n) is 5.56. The third-order valence-corrected chi connectivity index (χ3v) is 5.56. The number of aromatic amines is 1. The van der Waals surface area contributed by atoms with Crippen LogP contribution in [0.5, 0.6) is 0 Å². The van der Waals surface area contributed by atoms with Crippen LogP contribution in [0.15, 0.2) is 29.1 Å².